The highest BCUT2D eigenvalue weighted by atomic mass is 35.5. The lowest BCUT2D eigenvalue weighted by Gasteiger charge is -2.37. The van der Waals surface area contributed by atoms with Gasteiger partial charge >= 0.3 is 6.61 Å². The van der Waals surface area contributed by atoms with Crippen LogP contribution in [0, 0.1) is 0 Å². The Bertz CT molecular complexity index is 1490. The number of aliphatic hydroxyl groups is 1. The average molecular weight is 589 g/mol. The van der Waals surface area contributed by atoms with E-state index in [0.29, 0.717) is 24.2 Å². The van der Waals surface area contributed by atoms with Gasteiger partial charge in [-0.25, -0.2) is 9.97 Å². The number of hydrogen-bond acceptors (Lipinski definition) is 7. The monoisotopic (exact) mass is 588 g/mol. The van der Waals surface area contributed by atoms with Gasteiger partial charge in [0.25, 0.3) is 11.8 Å². The minimum atomic E-state index is -3.09. The van der Waals surface area contributed by atoms with E-state index in [1.807, 2.05) is 20.8 Å². The molecule has 3 aromatic rings. The number of aromatic nitrogens is 4. The first kappa shape index (κ1) is 28.9. The molecule has 1 N–H and O–H groups in total. The number of alkyl halides is 2. The van der Waals surface area contributed by atoms with Crippen molar-refractivity contribution in [1.29, 1.82) is 0 Å². The van der Waals surface area contributed by atoms with Crippen LogP contribution < -0.4 is 4.74 Å². The van der Waals surface area contributed by atoms with Gasteiger partial charge in [0, 0.05) is 48.1 Å². The number of carbonyl (C=O) groups excluding carboxylic acids is 2. The van der Waals surface area contributed by atoms with E-state index < -0.39 is 18.1 Å². The number of rotatable bonds is 6. The van der Waals surface area contributed by atoms with Crippen molar-refractivity contribution in [3.8, 4) is 5.75 Å². The molecule has 2 aromatic heterocycles. The molecule has 13 heteroatoms. The number of ether oxygens (including phenoxy) is 1. The molecule has 5 rings (SSSR count). The minimum absolute atomic E-state index is 0.0320. The number of amides is 2. The maximum Gasteiger partial charge on any atom is 0.387 e. The molecular formula is C28H31ClF2N6O4. The molecule has 0 saturated heterocycles. The lowest BCUT2D eigenvalue weighted by atomic mass is 9.96. The van der Waals surface area contributed by atoms with Crippen molar-refractivity contribution in [2.45, 2.75) is 77.9 Å². The molecule has 10 nitrogen and oxygen atoms in total. The number of hydrogen-bond donors (Lipinski definition) is 1. The number of benzene rings is 1. The Morgan fingerprint density at radius 2 is 1.88 bits per heavy atom. The van der Waals surface area contributed by atoms with Gasteiger partial charge in [0.05, 0.1) is 29.3 Å². The van der Waals surface area contributed by atoms with Crippen LogP contribution >= 0.6 is 11.6 Å². The fraction of sp³-hybridized carbons (Fsp3) is 0.464. The fourth-order valence-electron chi connectivity index (χ4n) is 5.33. The van der Waals surface area contributed by atoms with Crippen LogP contribution in [0.25, 0.3) is 0 Å². The van der Waals surface area contributed by atoms with Crippen molar-refractivity contribution in [3.05, 3.63) is 69.5 Å². The summed E-state index contributed by atoms with van der Waals surface area (Å²) in [5, 5.41) is 14.9. The average Bonchev–Trinajstić information content (AvgIpc) is 3.29. The first-order valence-corrected chi connectivity index (χ1v) is 13.6. The molecule has 0 aliphatic carbocycles. The molecular weight excluding hydrogens is 558 g/mol. The number of halogens is 3. The predicted octanol–water partition coefficient (Wildman–Crippen LogP) is 4.52. The normalized spacial score (nSPS) is 19.7. The van der Waals surface area contributed by atoms with Gasteiger partial charge in [-0.1, -0.05) is 11.6 Å². The Labute approximate surface area is 240 Å². The maximum atomic E-state index is 13.9. The van der Waals surface area contributed by atoms with E-state index in [2.05, 4.69) is 14.7 Å². The van der Waals surface area contributed by atoms with E-state index in [-0.39, 0.29) is 52.7 Å². The zero-order chi connectivity index (χ0) is 29.8. The molecule has 0 bridgehead atoms. The van der Waals surface area contributed by atoms with Gasteiger partial charge in [0.2, 0.25) is 0 Å². The van der Waals surface area contributed by atoms with Crippen molar-refractivity contribution >= 4 is 23.4 Å². The summed E-state index contributed by atoms with van der Waals surface area (Å²) in [4.78, 5) is 39.4. The summed E-state index contributed by atoms with van der Waals surface area (Å²) < 4.78 is 31.9. The fourth-order valence-corrected chi connectivity index (χ4v) is 5.49. The van der Waals surface area contributed by atoms with Gasteiger partial charge in [0.15, 0.2) is 5.82 Å². The Morgan fingerprint density at radius 3 is 2.51 bits per heavy atom. The van der Waals surface area contributed by atoms with Crippen LogP contribution in [0.3, 0.4) is 0 Å². The van der Waals surface area contributed by atoms with Crippen LogP contribution in [0.5, 0.6) is 5.75 Å². The van der Waals surface area contributed by atoms with Gasteiger partial charge in [-0.2, -0.15) is 13.9 Å². The molecule has 0 fully saturated rings. The van der Waals surface area contributed by atoms with Crippen LogP contribution in [0.2, 0.25) is 5.02 Å². The second kappa shape index (κ2) is 10.6. The van der Waals surface area contributed by atoms with E-state index in [0.717, 1.165) is 11.3 Å². The van der Waals surface area contributed by atoms with Gasteiger partial charge in [-0.3, -0.25) is 14.3 Å². The second-order valence-electron chi connectivity index (χ2n) is 11.1. The summed E-state index contributed by atoms with van der Waals surface area (Å²) in [6, 6.07) is 3.26. The summed E-state index contributed by atoms with van der Waals surface area (Å²) in [5.74, 6) is -0.623. The largest absolute Gasteiger partial charge is 0.433 e. The zero-order valence-corrected chi connectivity index (χ0v) is 24.1. The van der Waals surface area contributed by atoms with Gasteiger partial charge in [-0.15, -0.1) is 0 Å². The highest BCUT2D eigenvalue weighted by Gasteiger charge is 2.41. The van der Waals surface area contributed by atoms with Crippen LogP contribution in [-0.2, 0) is 18.6 Å². The second-order valence-corrected chi connectivity index (χ2v) is 11.5. The molecule has 41 heavy (non-hydrogen) atoms. The first-order chi connectivity index (χ1) is 19.3. The van der Waals surface area contributed by atoms with Crippen molar-refractivity contribution in [2.24, 2.45) is 0 Å². The first-order valence-electron chi connectivity index (χ1n) is 13.3. The quantitative estimate of drug-likeness (QED) is 0.450. The van der Waals surface area contributed by atoms with Crippen LogP contribution in [0.1, 0.15) is 90.2 Å². The van der Waals surface area contributed by atoms with Crippen molar-refractivity contribution in [2.75, 3.05) is 6.54 Å². The lowest BCUT2D eigenvalue weighted by Crippen LogP contribution is -2.45. The summed E-state index contributed by atoms with van der Waals surface area (Å²) in [7, 11) is 0. The summed E-state index contributed by atoms with van der Waals surface area (Å²) >= 11 is 5.98. The summed E-state index contributed by atoms with van der Waals surface area (Å²) in [5.41, 5.74) is 1.51. The summed E-state index contributed by atoms with van der Waals surface area (Å²) in [6.07, 6.45) is 3.66. The highest BCUT2D eigenvalue weighted by molar-refractivity contribution is 6.32. The van der Waals surface area contributed by atoms with E-state index in [1.54, 1.807) is 40.7 Å². The van der Waals surface area contributed by atoms with Crippen LogP contribution in [0.4, 0.5) is 8.78 Å². The molecule has 2 aliphatic heterocycles. The Morgan fingerprint density at radius 1 is 1.20 bits per heavy atom. The van der Waals surface area contributed by atoms with Gasteiger partial charge in [0.1, 0.15) is 17.0 Å². The molecule has 0 unspecified atom stereocenters. The minimum Gasteiger partial charge on any atom is -0.433 e. The number of nitrogens with zero attached hydrogens (tertiary/aromatic N) is 6. The number of fused-ring (bicyclic) bond motifs is 3. The topological polar surface area (TPSA) is 114 Å². The Kier molecular flexibility index (Phi) is 7.49. The van der Waals surface area contributed by atoms with Gasteiger partial charge in [-0.05, 0) is 52.8 Å². The Balaban J connectivity index is 1.43. The molecule has 0 spiro atoms. The molecule has 0 radical (unpaired) electrons. The predicted molar refractivity (Wildman–Crippen MR) is 145 cm³/mol. The molecule has 218 valence electrons. The highest BCUT2D eigenvalue weighted by Crippen LogP contribution is 2.36. The molecule has 0 saturated carbocycles. The standard InChI is InChI=1S/C28H31ClF2N6O4/c1-14-8-21-19(13-35(14)24(38)17-6-7-20(29)22(9-17)41-27(30)31)23-25(39)36(12-15(2)37(23)34-21)16(3)18-10-32-26(33-11-18)28(4,5)40/h6-7,9-11,14-16,27,40H,8,12-13H2,1-5H3/t14-,15-,16-/m1/s1. The third-order valence-electron chi connectivity index (χ3n) is 7.61. The van der Waals surface area contributed by atoms with Crippen LogP contribution in [-0.4, -0.2) is 65.7 Å². The Hall–Kier alpha value is -3.64. The van der Waals surface area contributed by atoms with E-state index >= 15 is 0 Å². The molecule has 1 aromatic carbocycles. The molecule has 2 aliphatic rings. The molecule has 4 heterocycles. The molecule has 2 amide bonds. The maximum absolute atomic E-state index is 13.9. The lowest BCUT2D eigenvalue weighted by molar-refractivity contribution is -0.0498. The smallest absolute Gasteiger partial charge is 0.387 e. The van der Waals surface area contributed by atoms with Crippen molar-refractivity contribution in [1.82, 2.24) is 29.5 Å². The molecule has 3 atom stereocenters. The van der Waals surface area contributed by atoms with E-state index in [4.69, 9.17) is 16.7 Å². The van der Waals surface area contributed by atoms with Crippen LogP contribution in [0.15, 0.2) is 30.6 Å². The van der Waals surface area contributed by atoms with E-state index in [1.165, 1.54) is 18.2 Å². The third kappa shape index (κ3) is 5.38. The summed E-state index contributed by atoms with van der Waals surface area (Å²) in [6.45, 7) is 6.40. The van der Waals surface area contributed by atoms with Crippen molar-refractivity contribution < 1.29 is 28.2 Å². The van der Waals surface area contributed by atoms with E-state index in [9.17, 15) is 23.5 Å². The zero-order valence-electron chi connectivity index (χ0n) is 23.3. The van der Waals surface area contributed by atoms with Gasteiger partial charge < -0.3 is 19.6 Å². The third-order valence-corrected chi connectivity index (χ3v) is 7.92. The number of carbonyl (C=O) groups is 2. The SMILES string of the molecule is C[C@@H]1Cc2nn3c(c2CN1C(=O)c1ccc(Cl)c(OC(F)F)c1)C(=O)N([C@H](C)c1cnc(C(C)(C)O)nc1)C[C@H]3C. The van der Waals surface area contributed by atoms with Crippen molar-refractivity contribution in [3.63, 3.8) is 0 Å².